The third-order valence-corrected chi connectivity index (χ3v) is 5.68. The first kappa shape index (κ1) is 17.7. The maximum absolute atomic E-state index is 12.9. The minimum atomic E-state index is -0.107. The number of aromatic nitrogens is 4. The van der Waals surface area contributed by atoms with Crippen molar-refractivity contribution in [3.63, 3.8) is 0 Å². The Morgan fingerprint density at radius 1 is 1.44 bits per heavy atom. The predicted molar refractivity (Wildman–Crippen MR) is 94.4 cm³/mol. The average molecular weight is 365 g/mol. The number of nitrogens with zero attached hydrogens (tertiary/aromatic N) is 5. The predicted octanol–water partition coefficient (Wildman–Crippen LogP) is 1.40. The summed E-state index contributed by atoms with van der Waals surface area (Å²) in [7, 11) is 3.21. The molecule has 0 N–H and O–H groups in total. The smallest absolute Gasteiger partial charge is 0.345 e. The summed E-state index contributed by atoms with van der Waals surface area (Å²) in [5.74, 6) is 0.817. The van der Waals surface area contributed by atoms with Gasteiger partial charge in [0.1, 0.15) is 10.7 Å². The van der Waals surface area contributed by atoms with Gasteiger partial charge in [0.15, 0.2) is 0 Å². The van der Waals surface area contributed by atoms with Crippen molar-refractivity contribution in [2.75, 3.05) is 20.2 Å². The molecule has 0 radical (unpaired) electrons. The van der Waals surface area contributed by atoms with Crippen molar-refractivity contribution in [3.05, 3.63) is 26.9 Å². The summed E-state index contributed by atoms with van der Waals surface area (Å²) in [6, 6.07) is 0. The monoisotopic (exact) mass is 365 g/mol. The molecule has 0 bridgehead atoms. The van der Waals surface area contributed by atoms with Crippen LogP contribution in [0.5, 0.6) is 5.19 Å². The molecular formula is C16H23N5O3S. The maximum Gasteiger partial charge on any atom is 0.345 e. The van der Waals surface area contributed by atoms with Gasteiger partial charge in [0.25, 0.3) is 11.1 Å². The van der Waals surface area contributed by atoms with Crippen LogP contribution >= 0.6 is 11.3 Å². The topological polar surface area (TPSA) is 82.2 Å². The van der Waals surface area contributed by atoms with E-state index in [1.807, 2.05) is 18.7 Å². The molecule has 1 aliphatic rings. The lowest BCUT2D eigenvalue weighted by Crippen LogP contribution is -2.40. The number of likely N-dealkylation sites (tertiary alicyclic amines) is 1. The molecule has 0 spiro atoms. The van der Waals surface area contributed by atoms with Crippen molar-refractivity contribution in [1.29, 1.82) is 0 Å². The van der Waals surface area contributed by atoms with Gasteiger partial charge in [-0.3, -0.25) is 9.36 Å². The first-order chi connectivity index (χ1) is 12.0. The van der Waals surface area contributed by atoms with Crippen molar-refractivity contribution in [2.45, 2.75) is 39.2 Å². The first-order valence-corrected chi connectivity index (χ1v) is 9.22. The largest absolute Gasteiger partial charge is 0.473 e. The van der Waals surface area contributed by atoms with Crippen molar-refractivity contribution in [3.8, 4) is 5.19 Å². The van der Waals surface area contributed by atoms with Crippen LogP contribution in [0.1, 0.15) is 46.9 Å². The molecule has 1 aliphatic heterocycles. The highest BCUT2D eigenvalue weighted by atomic mass is 32.1. The normalized spacial score (nSPS) is 17.8. The third kappa shape index (κ3) is 3.20. The SMILES string of the molecule is CCn1c([C@@H]2CCCN(C(=O)c3sc(OC)nc3C)C2)nn(C)c1=O. The fourth-order valence-electron chi connectivity index (χ4n) is 3.30. The second kappa shape index (κ2) is 6.99. The lowest BCUT2D eigenvalue weighted by molar-refractivity contribution is 0.0707. The standard InChI is InChI=1S/C16H23N5O3S/c1-5-21-13(18-19(3)16(21)23)11-7-6-8-20(9-11)14(22)12-10(2)17-15(24-4)25-12/h11H,5-9H2,1-4H3/t11-/m1/s1. The number of hydrogen-bond acceptors (Lipinski definition) is 6. The van der Waals surface area contributed by atoms with Crippen LogP contribution in [0.3, 0.4) is 0 Å². The molecule has 2 aromatic heterocycles. The van der Waals surface area contributed by atoms with E-state index in [0.717, 1.165) is 18.7 Å². The van der Waals surface area contributed by atoms with E-state index in [-0.39, 0.29) is 17.5 Å². The molecule has 1 saturated heterocycles. The van der Waals surface area contributed by atoms with E-state index in [1.54, 1.807) is 18.7 Å². The van der Waals surface area contributed by atoms with Gasteiger partial charge in [-0.05, 0) is 26.7 Å². The van der Waals surface area contributed by atoms with Crippen molar-refractivity contribution in [2.24, 2.45) is 7.05 Å². The Labute approximate surface area is 150 Å². The first-order valence-electron chi connectivity index (χ1n) is 8.40. The Hall–Kier alpha value is -2.16. The van der Waals surface area contributed by atoms with Crippen LogP contribution in [0.2, 0.25) is 0 Å². The molecule has 0 aromatic carbocycles. The Bertz CT molecular complexity index is 837. The summed E-state index contributed by atoms with van der Waals surface area (Å²) >= 11 is 1.27. The van der Waals surface area contributed by atoms with Gasteiger partial charge in [-0.15, -0.1) is 0 Å². The highest BCUT2D eigenvalue weighted by molar-refractivity contribution is 7.15. The number of methoxy groups -OCH3 is 1. The number of ether oxygens (including phenoxy) is 1. The zero-order valence-electron chi connectivity index (χ0n) is 15.0. The Balaban J connectivity index is 1.84. The fraction of sp³-hybridized carbons (Fsp3) is 0.625. The molecule has 0 aliphatic carbocycles. The molecule has 1 atom stereocenters. The number of rotatable bonds is 4. The minimum absolute atomic E-state index is 0.0238. The number of carbonyl (C=O) groups is 1. The average Bonchev–Trinajstić information content (AvgIpc) is 3.14. The van der Waals surface area contributed by atoms with E-state index in [4.69, 9.17) is 4.74 Å². The molecule has 136 valence electrons. The Kier molecular flexibility index (Phi) is 4.94. The quantitative estimate of drug-likeness (QED) is 0.818. The molecule has 0 unspecified atom stereocenters. The van der Waals surface area contributed by atoms with Crippen molar-refractivity contribution in [1.82, 2.24) is 24.2 Å². The number of aryl methyl sites for hydroxylation is 2. The number of hydrogen-bond donors (Lipinski definition) is 0. The fourth-order valence-corrected chi connectivity index (χ4v) is 4.15. The minimum Gasteiger partial charge on any atom is -0.473 e. The van der Waals surface area contributed by atoms with Crippen LogP contribution < -0.4 is 10.4 Å². The number of carbonyl (C=O) groups excluding carboxylic acids is 1. The molecule has 0 saturated carbocycles. The maximum atomic E-state index is 12.9. The van der Waals surface area contributed by atoms with Crippen LogP contribution in [0.4, 0.5) is 0 Å². The summed E-state index contributed by atoms with van der Waals surface area (Å²) in [4.78, 5) is 31.8. The van der Waals surface area contributed by atoms with E-state index in [9.17, 15) is 9.59 Å². The van der Waals surface area contributed by atoms with Gasteiger partial charge in [-0.25, -0.2) is 14.5 Å². The van der Waals surface area contributed by atoms with Gasteiger partial charge in [-0.1, -0.05) is 11.3 Å². The van der Waals surface area contributed by atoms with Crippen LogP contribution in [-0.4, -0.2) is 50.3 Å². The molecule has 25 heavy (non-hydrogen) atoms. The van der Waals surface area contributed by atoms with Gasteiger partial charge in [0.2, 0.25) is 0 Å². The van der Waals surface area contributed by atoms with Crippen LogP contribution in [0.25, 0.3) is 0 Å². The van der Waals surface area contributed by atoms with Crippen molar-refractivity contribution >= 4 is 17.2 Å². The molecule has 9 heteroatoms. The summed E-state index contributed by atoms with van der Waals surface area (Å²) in [5.41, 5.74) is 0.585. The molecule has 8 nitrogen and oxygen atoms in total. The zero-order valence-corrected chi connectivity index (χ0v) is 15.8. The molecule has 3 heterocycles. The van der Waals surface area contributed by atoms with Gasteiger partial charge in [0.05, 0.1) is 12.8 Å². The van der Waals surface area contributed by atoms with E-state index < -0.39 is 0 Å². The zero-order chi connectivity index (χ0) is 18.1. The van der Waals surface area contributed by atoms with E-state index in [1.165, 1.54) is 16.0 Å². The summed E-state index contributed by atoms with van der Waals surface area (Å²) in [6.45, 7) is 5.61. The molecular weight excluding hydrogens is 342 g/mol. The van der Waals surface area contributed by atoms with Crippen LogP contribution in [0.15, 0.2) is 4.79 Å². The van der Waals surface area contributed by atoms with E-state index in [0.29, 0.717) is 35.4 Å². The van der Waals surface area contributed by atoms with E-state index >= 15 is 0 Å². The number of piperidine rings is 1. The van der Waals surface area contributed by atoms with Gasteiger partial charge in [0, 0.05) is 32.6 Å². The highest BCUT2D eigenvalue weighted by Crippen LogP contribution is 2.30. The van der Waals surface area contributed by atoms with Gasteiger partial charge in [-0.2, -0.15) is 5.10 Å². The van der Waals surface area contributed by atoms with E-state index in [2.05, 4.69) is 10.1 Å². The lowest BCUT2D eigenvalue weighted by Gasteiger charge is -2.32. The second-order valence-corrected chi connectivity index (χ2v) is 7.16. The Morgan fingerprint density at radius 3 is 2.84 bits per heavy atom. The molecule has 2 aromatic rings. The highest BCUT2D eigenvalue weighted by Gasteiger charge is 2.31. The summed E-state index contributed by atoms with van der Waals surface area (Å²) < 4.78 is 8.20. The van der Waals surface area contributed by atoms with Crippen LogP contribution in [0, 0.1) is 6.92 Å². The number of thiazole rings is 1. The number of amides is 1. The van der Waals surface area contributed by atoms with Crippen molar-refractivity contribution < 1.29 is 9.53 Å². The summed E-state index contributed by atoms with van der Waals surface area (Å²) in [6.07, 6.45) is 1.81. The summed E-state index contributed by atoms with van der Waals surface area (Å²) in [5, 5.41) is 4.90. The van der Waals surface area contributed by atoms with Crippen LogP contribution in [-0.2, 0) is 13.6 Å². The van der Waals surface area contributed by atoms with Gasteiger partial charge >= 0.3 is 5.69 Å². The Morgan fingerprint density at radius 2 is 2.20 bits per heavy atom. The lowest BCUT2D eigenvalue weighted by atomic mass is 9.97. The molecule has 1 amide bonds. The molecule has 1 fully saturated rings. The molecule has 3 rings (SSSR count). The third-order valence-electron chi connectivity index (χ3n) is 4.57. The van der Waals surface area contributed by atoms with Gasteiger partial charge < -0.3 is 9.64 Å². The second-order valence-electron chi connectivity index (χ2n) is 6.20.